The third-order valence-corrected chi connectivity index (χ3v) is 4.41. The summed E-state index contributed by atoms with van der Waals surface area (Å²) in [6, 6.07) is -0.435. The first kappa shape index (κ1) is 16.4. The van der Waals surface area contributed by atoms with Crippen molar-refractivity contribution in [3.8, 4) is 0 Å². The highest BCUT2D eigenvalue weighted by Gasteiger charge is 2.33. The second-order valence-corrected chi connectivity index (χ2v) is 6.04. The number of nitrogens with one attached hydrogen (secondary N) is 1. The number of nitrogens with two attached hydrogens (primary N) is 1. The second kappa shape index (κ2) is 7.85. The Kier molecular flexibility index (Phi) is 6.80. The van der Waals surface area contributed by atoms with Crippen LogP contribution in [-0.4, -0.2) is 29.2 Å². The number of unbranched alkanes of at least 4 members (excludes halogenated alkanes) is 1. The number of carbonyl (C=O) groups is 1. The topological polar surface area (TPSA) is 75.4 Å². The first-order valence-electron chi connectivity index (χ1n) is 7.76. The molecule has 0 aromatic rings. The summed E-state index contributed by atoms with van der Waals surface area (Å²) in [5, 5.41) is 13.3. The Morgan fingerprint density at radius 3 is 2.58 bits per heavy atom. The van der Waals surface area contributed by atoms with Gasteiger partial charge in [-0.05, 0) is 38.0 Å². The van der Waals surface area contributed by atoms with Crippen molar-refractivity contribution in [3.63, 3.8) is 0 Å². The third kappa shape index (κ3) is 5.49. The summed E-state index contributed by atoms with van der Waals surface area (Å²) in [4.78, 5) is 11.8. The number of amides is 1. The Morgan fingerprint density at radius 1 is 1.42 bits per heavy atom. The molecule has 0 spiro atoms. The largest absolute Gasteiger partial charge is 0.388 e. The maximum Gasteiger partial charge on any atom is 0.237 e. The fourth-order valence-corrected chi connectivity index (χ4v) is 2.74. The molecule has 4 heteroatoms. The molecular formula is C15H30N2O2. The molecule has 0 heterocycles. The predicted molar refractivity (Wildman–Crippen MR) is 77.7 cm³/mol. The zero-order valence-corrected chi connectivity index (χ0v) is 12.5. The molecule has 1 fully saturated rings. The van der Waals surface area contributed by atoms with Gasteiger partial charge in [0.05, 0.1) is 11.6 Å². The first-order valence-corrected chi connectivity index (χ1v) is 7.76. The highest BCUT2D eigenvalue weighted by molar-refractivity contribution is 5.81. The van der Waals surface area contributed by atoms with E-state index < -0.39 is 11.6 Å². The minimum Gasteiger partial charge on any atom is -0.388 e. The standard InChI is InChI=1S/C15H30N2O2/c1-3-5-6-13(16)14(18)17-11-15(19)9-7-12(4-2)8-10-15/h12-13,19H,3-11,16H2,1-2H3,(H,17,18). The van der Waals surface area contributed by atoms with Gasteiger partial charge in [-0.15, -0.1) is 0 Å². The molecular weight excluding hydrogens is 240 g/mol. The van der Waals surface area contributed by atoms with Gasteiger partial charge in [0.2, 0.25) is 5.91 Å². The normalized spacial score (nSPS) is 28.9. The molecule has 19 heavy (non-hydrogen) atoms. The van der Waals surface area contributed by atoms with Crippen molar-refractivity contribution in [2.45, 2.75) is 76.9 Å². The van der Waals surface area contributed by atoms with E-state index in [1.54, 1.807) is 0 Å². The van der Waals surface area contributed by atoms with Gasteiger partial charge in [-0.25, -0.2) is 0 Å². The maximum atomic E-state index is 11.8. The van der Waals surface area contributed by atoms with E-state index in [1.165, 1.54) is 6.42 Å². The van der Waals surface area contributed by atoms with Crippen molar-refractivity contribution in [1.29, 1.82) is 0 Å². The number of hydrogen-bond acceptors (Lipinski definition) is 3. The van der Waals surface area contributed by atoms with Gasteiger partial charge in [0, 0.05) is 6.54 Å². The molecule has 0 aliphatic heterocycles. The van der Waals surface area contributed by atoms with Crippen molar-refractivity contribution in [2.75, 3.05) is 6.54 Å². The van der Waals surface area contributed by atoms with E-state index in [-0.39, 0.29) is 5.91 Å². The van der Waals surface area contributed by atoms with Crippen LogP contribution in [0.5, 0.6) is 0 Å². The summed E-state index contributed by atoms with van der Waals surface area (Å²) in [6.45, 7) is 4.63. The van der Waals surface area contributed by atoms with Gasteiger partial charge in [0.15, 0.2) is 0 Å². The van der Waals surface area contributed by atoms with E-state index in [9.17, 15) is 9.90 Å². The molecule has 1 rings (SSSR count). The van der Waals surface area contributed by atoms with Crippen molar-refractivity contribution < 1.29 is 9.90 Å². The van der Waals surface area contributed by atoms with Crippen LogP contribution in [0.2, 0.25) is 0 Å². The average molecular weight is 270 g/mol. The van der Waals surface area contributed by atoms with E-state index in [1.807, 2.05) is 0 Å². The van der Waals surface area contributed by atoms with E-state index in [4.69, 9.17) is 5.73 Å². The number of carbonyl (C=O) groups excluding carboxylic acids is 1. The highest BCUT2D eigenvalue weighted by Crippen LogP contribution is 2.33. The van der Waals surface area contributed by atoms with Crippen molar-refractivity contribution in [3.05, 3.63) is 0 Å². The summed E-state index contributed by atoms with van der Waals surface area (Å²) in [5.74, 6) is 0.613. The van der Waals surface area contributed by atoms with Gasteiger partial charge < -0.3 is 16.2 Å². The Hall–Kier alpha value is -0.610. The Labute approximate surface area is 117 Å². The smallest absolute Gasteiger partial charge is 0.237 e. The zero-order valence-electron chi connectivity index (χ0n) is 12.5. The number of aliphatic hydroxyl groups is 1. The summed E-state index contributed by atoms with van der Waals surface area (Å²) < 4.78 is 0. The van der Waals surface area contributed by atoms with Crippen LogP contribution in [-0.2, 0) is 4.79 Å². The Morgan fingerprint density at radius 2 is 2.05 bits per heavy atom. The Balaban J connectivity index is 2.29. The van der Waals surface area contributed by atoms with Crippen molar-refractivity contribution in [1.82, 2.24) is 5.32 Å². The van der Waals surface area contributed by atoms with Crippen LogP contribution >= 0.6 is 0 Å². The summed E-state index contributed by atoms with van der Waals surface area (Å²) in [5.41, 5.74) is 5.10. The molecule has 1 saturated carbocycles. The van der Waals surface area contributed by atoms with Crippen LogP contribution in [0.1, 0.15) is 65.2 Å². The lowest BCUT2D eigenvalue weighted by Crippen LogP contribution is -2.49. The van der Waals surface area contributed by atoms with E-state index >= 15 is 0 Å². The molecule has 1 unspecified atom stereocenters. The van der Waals surface area contributed by atoms with E-state index in [0.717, 1.165) is 50.9 Å². The van der Waals surface area contributed by atoms with Crippen LogP contribution in [0.4, 0.5) is 0 Å². The number of hydrogen-bond donors (Lipinski definition) is 3. The van der Waals surface area contributed by atoms with Gasteiger partial charge in [-0.2, -0.15) is 0 Å². The lowest BCUT2D eigenvalue weighted by atomic mass is 9.78. The molecule has 1 amide bonds. The summed E-state index contributed by atoms with van der Waals surface area (Å²) in [7, 11) is 0. The van der Waals surface area contributed by atoms with E-state index in [0.29, 0.717) is 6.54 Å². The number of rotatable bonds is 7. The maximum absolute atomic E-state index is 11.8. The minimum absolute atomic E-state index is 0.125. The molecule has 0 aromatic heterocycles. The SMILES string of the molecule is CCCCC(N)C(=O)NCC1(O)CCC(CC)CC1. The Bertz CT molecular complexity index is 273. The van der Waals surface area contributed by atoms with Gasteiger partial charge in [-0.1, -0.05) is 33.1 Å². The highest BCUT2D eigenvalue weighted by atomic mass is 16.3. The van der Waals surface area contributed by atoms with Gasteiger partial charge in [0.25, 0.3) is 0 Å². The molecule has 0 bridgehead atoms. The van der Waals surface area contributed by atoms with Crippen LogP contribution in [0, 0.1) is 5.92 Å². The molecule has 1 aliphatic rings. The minimum atomic E-state index is -0.716. The first-order chi connectivity index (χ1) is 9.00. The van der Waals surface area contributed by atoms with Crippen LogP contribution in [0.15, 0.2) is 0 Å². The fourth-order valence-electron chi connectivity index (χ4n) is 2.74. The van der Waals surface area contributed by atoms with Crippen molar-refractivity contribution >= 4 is 5.91 Å². The fraction of sp³-hybridized carbons (Fsp3) is 0.933. The van der Waals surface area contributed by atoms with Crippen LogP contribution < -0.4 is 11.1 Å². The predicted octanol–water partition coefficient (Wildman–Crippen LogP) is 1.95. The third-order valence-electron chi connectivity index (χ3n) is 4.41. The van der Waals surface area contributed by atoms with E-state index in [2.05, 4.69) is 19.2 Å². The molecule has 1 atom stereocenters. The molecule has 1 aliphatic carbocycles. The molecule has 0 radical (unpaired) electrons. The quantitative estimate of drug-likeness (QED) is 0.662. The van der Waals surface area contributed by atoms with Crippen molar-refractivity contribution in [2.24, 2.45) is 11.7 Å². The second-order valence-electron chi connectivity index (χ2n) is 6.04. The molecule has 0 saturated heterocycles. The lowest BCUT2D eigenvalue weighted by molar-refractivity contribution is -0.124. The molecule has 4 nitrogen and oxygen atoms in total. The monoisotopic (exact) mass is 270 g/mol. The van der Waals surface area contributed by atoms with Gasteiger partial charge in [0.1, 0.15) is 0 Å². The molecule has 112 valence electrons. The summed E-state index contributed by atoms with van der Waals surface area (Å²) >= 11 is 0. The molecule has 0 aromatic carbocycles. The van der Waals surface area contributed by atoms with Crippen LogP contribution in [0.25, 0.3) is 0 Å². The average Bonchev–Trinajstić information content (AvgIpc) is 2.43. The summed E-state index contributed by atoms with van der Waals surface area (Å²) in [6.07, 6.45) is 7.62. The lowest BCUT2D eigenvalue weighted by Gasteiger charge is -2.36. The zero-order chi connectivity index (χ0) is 14.3. The van der Waals surface area contributed by atoms with Gasteiger partial charge >= 0.3 is 0 Å². The van der Waals surface area contributed by atoms with Gasteiger partial charge in [-0.3, -0.25) is 4.79 Å². The molecule has 4 N–H and O–H groups in total. The van der Waals surface area contributed by atoms with Crippen LogP contribution in [0.3, 0.4) is 0 Å².